The fourth-order valence-electron chi connectivity index (χ4n) is 2.90. The Hall–Kier alpha value is -1.52. The third kappa shape index (κ3) is 1.61. The van der Waals surface area contributed by atoms with Gasteiger partial charge in [0.05, 0.1) is 13.2 Å². The van der Waals surface area contributed by atoms with Crippen molar-refractivity contribution >= 4 is 10.9 Å². The Labute approximate surface area is 107 Å². The molecule has 0 saturated carbocycles. The van der Waals surface area contributed by atoms with E-state index in [-0.39, 0.29) is 0 Å². The van der Waals surface area contributed by atoms with Crippen LogP contribution in [0.25, 0.3) is 10.9 Å². The molecular weight excluding hydrogens is 226 g/mol. The van der Waals surface area contributed by atoms with Gasteiger partial charge in [-0.3, -0.25) is 4.90 Å². The van der Waals surface area contributed by atoms with Crippen molar-refractivity contribution in [2.75, 3.05) is 27.2 Å². The zero-order valence-electron chi connectivity index (χ0n) is 10.9. The number of likely N-dealkylation sites (N-methyl/N-ethyl adjacent to an activating group) is 1. The number of nitrogens with two attached hydrogens (primary N) is 1. The summed E-state index contributed by atoms with van der Waals surface area (Å²) in [6, 6.07) is 6.52. The molecule has 2 aromatic rings. The number of nitrogens with one attached hydrogen (secondary N) is 1. The summed E-state index contributed by atoms with van der Waals surface area (Å²) in [6.07, 6.45) is 1.08. The molecule has 0 bridgehead atoms. The first-order valence-electron chi connectivity index (χ1n) is 6.33. The van der Waals surface area contributed by atoms with E-state index < -0.39 is 0 Å². The quantitative estimate of drug-likeness (QED) is 0.846. The number of nitrogens with zero attached hydrogens (tertiary/aromatic N) is 1. The molecule has 3 N–H and O–H groups in total. The third-order valence-corrected chi connectivity index (χ3v) is 3.95. The van der Waals surface area contributed by atoms with Crippen LogP contribution in [-0.4, -0.2) is 37.1 Å². The number of hydrogen-bond donors (Lipinski definition) is 2. The molecule has 0 aliphatic carbocycles. The second-order valence-electron chi connectivity index (χ2n) is 4.91. The summed E-state index contributed by atoms with van der Waals surface area (Å²) < 4.78 is 5.27. The van der Waals surface area contributed by atoms with Crippen molar-refractivity contribution in [1.29, 1.82) is 0 Å². The normalized spacial score (nSPS) is 20.1. The van der Waals surface area contributed by atoms with E-state index in [2.05, 4.69) is 29.1 Å². The lowest BCUT2D eigenvalue weighted by Crippen LogP contribution is -2.36. The van der Waals surface area contributed by atoms with E-state index in [0.717, 1.165) is 24.2 Å². The molecule has 18 heavy (non-hydrogen) atoms. The molecule has 1 unspecified atom stereocenters. The van der Waals surface area contributed by atoms with Crippen molar-refractivity contribution in [2.45, 2.75) is 12.5 Å². The summed E-state index contributed by atoms with van der Waals surface area (Å²) in [5, 5.41) is 1.30. The van der Waals surface area contributed by atoms with Gasteiger partial charge < -0.3 is 15.5 Å². The molecule has 3 rings (SSSR count). The van der Waals surface area contributed by atoms with Gasteiger partial charge in [0.25, 0.3) is 0 Å². The largest absolute Gasteiger partial charge is 0.497 e. The van der Waals surface area contributed by atoms with Gasteiger partial charge >= 0.3 is 0 Å². The number of hydrogen-bond acceptors (Lipinski definition) is 3. The molecular formula is C14H19N3O. The Morgan fingerprint density at radius 2 is 2.33 bits per heavy atom. The van der Waals surface area contributed by atoms with Gasteiger partial charge in [-0.15, -0.1) is 0 Å². The fourth-order valence-corrected chi connectivity index (χ4v) is 2.90. The molecule has 4 heteroatoms. The summed E-state index contributed by atoms with van der Waals surface area (Å²) in [4.78, 5) is 5.83. The maximum atomic E-state index is 5.90. The number of benzene rings is 1. The summed E-state index contributed by atoms with van der Waals surface area (Å²) in [5.74, 6) is 0.888. The molecule has 96 valence electrons. The van der Waals surface area contributed by atoms with Gasteiger partial charge in [0.15, 0.2) is 0 Å². The Bertz CT molecular complexity index is 576. The molecule has 1 aliphatic rings. The maximum absolute atomic E-state index is 5.90. The Morgan fingerprint density at radius 3 is 3.06 bits per heavy atom. The second-order valence-corrected chi connectivity index (χ2v) is 4.91. The van der Waals surface area contributed by atoms with Crippen LogP contribution in [0.5, 0.6) is 5.75 Å². The number of ether oxygens (including phenoxy) is 1. The van der Waals surface area contributed by atoms with E-state index in [4.69, 9.17) is 10.5 Å². The number of methoxy groups -OCH3 is 1. The maximum Gasteiger partial charge on any atom is 0.120 e. The van der Waals surface area contributed by atoms with Crippen LogP contribution in [0.1, 0.15) is 17.3 Å². The van der Waals surface area contributed by atoms with Crippen LogP contribution in [0, 0.1) is 0 Å². The smallest absolute Gasteiger partial charge is 0.120 e. The Balaban J connectivity index is 2.17. The van der Waals surface area contributed by atoms with Crippen LogP contribution >= 0.6 is 0 Å². The molecule has 1 aromatic heterocycles. The van der Waals surface area contributed by atoms with Crippen LogP contribution in [0.3, 0.4) is 0 Å². The molecule has 0 spiro atoms. The summed E-state index contributed by atoms with van der Waals surface area (Å²) >= 11 is 0. The van der Waals surface area contributed by atoms with Gasteiger partial charge in [-0.1, -0.05) is 0 Å². The van der Waals surface area contributed by atoms with Gasteiger partial charge in [0.2, 0.25) is 0 Å². The molecule has 0 fully saturated rings. The van der Waals surface area contributed by atoms with Gasteiger partial charge in [0, 0.05) is 35.8 Å². The molecule has 4 nitrogen and oxygen atoms in total. The van der Waals surface area contributed by atoms with Crippen LogP contribution in [-0.2, 0) is 6.42 Å². The lowest BCUT2D eigenvalue weighted by atomic mass is 9.98. The number of aromatic nitrogens is 1. The molecule has 0 amide bonds. The van der Waals surface area contributed by atoms with E-state index in [0.29, 0.717) is 12.6 Å². The first kappa shape index (κ1) is 11.6. The third-order valence-electron chi connectivity index (χ3n) is 3.95. The fraction of sp³-hybridized carbons (Fsp3) is 0.429. The van der Waals surface area contributed by atoms with Crippen LogP contribution in [0.4, 0.5) is 0 Å². The first-order chi connectivity index (χ1) is 8.74. The van der Waals surface area contributed by atoms with E-state index in [9.17, 15) is 0 Å². The molecule has 0 radical (unpaired) electrons. The van der Waals surface area contributed by atoms with Crippen molar-refractivity contribution < 1.29 is 4.74 Å². The highest BCUT2D eigenvalue weighted by Crippen LogP contribution is 2.34. The monoisotopic (exact) mass is 245 g/mol. The minimum atomic E-state index is 0.298. The Morgan fingerprint density at radius 1 is 1.50 bits per heavy atom. The highest BCUT2D eigenvalue weighted by molar-refractivity contribution is 5.86. The number of aromatic amines is 1. The zero-order chi connectivity index (χ0) is 12.7. The van der Waals surface area contributed by atoms with Crippen LogP contribution < -0.4 is 10.5 Å². The van der Waals surface area contributed by atoms with E-state index in [1.54, 1.807) is 7.11 Å². The van der Waals surface area contributed by atoms with E-state index in [1.165, 1.54) is 16.6 Å². The van der Waals surface area contributed by atoms with Gasteiger partial charge in [-0.25, -0.2) is 0 Å². The number of H-pyrrole nitrogens is 1. The molecule has 0 saturated heterocycles. The summed E-state index contributed by atoms with van der Waals surface area (Å²) in [7, 11) is 3.83. The van der Waals surface area contributed by atoms with Crippen molar-refractivity contribution in [1.82, 2.24) is 9.88 Å². The minimum Gasteiger partial charge on any atom is -0.497 e. The summed E-state index contributed by atoms with van der Waals surface area (Å²) in [5.41, 5.74) is 9.74. The molecule has 1 aliphatic heterocycles. The van der Waals surface area contributed by atoms with Gasteiger partial charge in [-0.05, 0) is 31.2 Å². The van der Waals surface area contributed by atoms with Gasteiger partial charge in [0.1, 0.15) is 5.75 Å². The average molecular weight is 245 g/mol. The molecule has 1 atom stereocenters. The highest BCUT2D eigenvalue weighted by atomic mass is 16.5. The predicted octanol–water partition coefficient (Wildman–Crippen LogP) is 1.66. The lowest BCUT2D eigenvalue weighted by molar-refractivity contribution is 0.233. The van der Waals surface area contributed by atoms with Gasteiger partial charge in [-0.2, -0.15) is 0 Å². The Kier molecular flexibility index (Phi) is 2.76. The lowest BCUT2D eigenvalue weighted by Gasteiger charge is -2.31. The standard InChI is InChI=1S/C14H19N3O/c1-17-6-5-11-10-4-3-9(18-2)7-12(10)16-14(11)13(17)8-15/h3-4,7,13,16H,5-6,8,15H2,1-2H3. The topological polar surface area (TPSA) is 54.3 Å². The van der Waals surface area contributed by atoms with Crippen LogP contribution in [0.15, 0.2) is 18.2 Å². The minimum absolute atomic E-state index is 0.298. The zero-order valence-corrected chi connectivity index (χ0v) is 10.9. The molecule has 1 aromatic carbocycles. The van der Waals surface area contributed by atoms with Crippen molar-refractivity contribution in [3.63, 3.8) is 0 Å². The number of fused-ring (bicyclic) bond motifs is 3. The average Bonchev–Trinajstić information content (AvgIpc) is 2.75. The predicted molar refractivity (Wildman–Crippen MR) is 73.0 cm³/mol. The van der Waals surface area contributed by atoms with Crippen LogP contribution in [0.2, 0.25) is 0 Å². The first-order valence-corrected chi connectivity index (χ1v) is 6.33. The summed E-state index contributed by atoms with van der Waals surface area (Å²) in [6.45, 7) is 1.71. The highest BCUT2D eigenvalue weighted by Gasteiger charge is 2.26. The van der Waals surface area contributed by atoms with E-state index in [1.807, 2.05) is 6.07 Å². The second kappa shape index (κ2) is 4.30. The van der Waals surface area contributed by atoms with Crippen molar-refractivity contribution in [3.05, 3.63) is 29.5 Å². The number of rotatable bonds is 2. The van der Waals surface area contributed by atoms with E-state index >= 15 is 0 Å². The molecule has 2 heterocycles. The SMILES string of the molecule is COc1ccc2c3c([nH]c2c1)C(CN)N(C)CC3. The van der Waals surface area contributed by atoms with Crippen molar-refractivity contribution in [3.8, 4) is 5.75 Å². The van der Waals surface area contributed by atoms with Crippen molar-refractivity contribution in [2.24, 2.45) is 5.73 Å².